The standard InChI is InChI=1S/C18H23N2/c1-15-12-19(2)18-11-7-6-10-17(18)14-20(15)13-16-8-4-3-5-9-16/h3-11,15,17H,12-14H2,1-2H3/q+1. The molecule has 1 aliphatic heterocycles. The highest BCUT2D eigenvalue weighted by molar-refractivity contribution is 5.95. The Kier molecular flexibility index (Phi) is 3.83. The molecule has 1 aromatic carbocycles. The molecule has 3 rings (SSSR count). The average Bonchev–Trinajstić information content (AvgIpc) is 2.58. The van der Waals surface area contributed by atoms with Crippen molar-refractivity contribution in [2.24, 2.45) is 5.92 Å². The summed E-state index contributed by atoms with van der Waals surface area (Å²) in [6.07, 6.45) is 8.93. The molecule has 1 aromatic rings. The van der Waals surface area contributed by atoms with E-state index in [0.29, 0.717) is 12.0 Å². The monoisotopic (exact) mass is 267 g/mol. The molecule has 20 heavy (non-hydrogen) atoms. The molecule has 2 unspecified atom stereocenters. The number of nitrogens with zero attached hydrogens (tertiary/aromatic N) is 2. The van der Waals surface area contributed by atoms with Crippen molar-refractivity contribution in [2.45, 2.75) is 19.5 Å². The molecule has 0 spiro atoms. The number of fused-ring (bicyclic) bond motifs is 1. The SMILES string of the molecule is CC1C[N+](C)=C2C=CC=CC2CN1Cc1ccccc1. The van der Waals surface area contributed by atoms with E-state index in [1.807, 2.05) is 0 Å². The van der Waals surface area contributed by atoms with Gasteiger partial charge in [-0.25, -0.2) is 4.58 Å². The smallest absolute Gasteiger partial charge is 0.184 e. The van der Waals surface area contributed by atoms with Crippen molar-refractivity contribution in [3.63, 3.8) is 0 Å². The summed E-state index contributed by atoms with van der Waals surface area (Å²) in [5.74, 6) is 0.527. The van der Waals surface area contributed by atoms with E-state index in [0.717, 1.165) is 19.6 Å². The normalized spacial score (nSPS) is 26.5. The Balaban J connectivity index is 1.81. The lowest BCUT2D eigenvalue weighted by atomic mass is 9.97. The Morgan fingerprint density at radius 1 is 1.20 bits per heavy atom. The number of likely N-dealkylation sites (N-methyl/N-ethyl adjacent to an activating group) is 1. The molecular formula is C18H23N2+. The van der Waals surface area contributed by atoms with Gasteiger partial charge in [0.1, 0.15) is 7.05 Å². The molecule has 2 aliphatic rings. The molecule has 0 saturated heterocycles. The number of allylic oxidation sites excluding steroid dienone is 3. The molecule has 0 radical (unpaired) electrons. The first-order valence-corrected chi connectivity index (χ1v) is 7.45. The van der Waals surface area contributed by atoms with Crippen LogP contribution in [0.4, 0.5) is 0 Å². The van der Waals surface area contributed by atoms with Gasteiger partial charge in [0.25, 0.3) is 0 Å². The maximum absolute atomic E-state index is 2.60. The second-order valence-electron chi connectivity index (χ2n) is 5.92. The third-order valence-electron chi connectivity index (χ3n) is 4.36. The van der Waals surface area contributed by atoms with Gasteiger partial charge in [0.05, 0.1) is 12.0 Å². The van der Waals surface area contributed by atoms with Crippen LogP contribution in [0.15, 0.2) is 54.6 Å². The molecular weight excluding hydrogens is 244 g/mol. The van der Waals surface area contributed by atoms with E-state index in [9.17, 15) is 0 Å². The topological polar surface area (TPSA) is 6.25 Å². The zero-order valence-electron chi connectivity index (χ0n) is 12.4. The van der Waals surface area contributed by atoms with Crippen molar-refractivity contribution < 1.29 is 4.58 Å². The van der Waals surface area contributed by atoms with Gasteiger partial charge >= 0.3 is 0 Å². The fraction of sp³-hybridized carbons (Fsp3) is 0.389. The zero-order valence-corrected chi connectivity index (χ0v) is 12.4. The average molecular weight is 267 g/mol. The molecule has 104 valence electrons. The van der Waals surface area contributed by atoms with Crippen LogP contribution in [0.2, 0.25) is 0 Å². The molecule has 0 bridgehead atoms. The lowest BCUT2D eigenvalue weighted by Crippen LogP contribution is -2.37. The Morgan fingerprint density at radius 3 is 2.80 bits per heavy atom. The summed E-state index contributed by atoms with van der Waals surface area (Å²) in [7, 11) is 2.22. The first kappa shape index (κ1) is 13.3. The lowest BCUT2D eigenvalue weighted by Gasteiger charge is -2.27. The maximum atomic E-state index is 2.60. The predicted octanol–water partition coefficient (Wildman–Crippen LogP) is 2.72. The third kappa shape index (κ3) is 2.75. The van der Waals surface area contributed by atoms with Gasteiger partial charge in [0.15, 0.2) is 12.3 Å². The summed E-state index contributed by atoms with van der Waals surface area (Å²) in [6.45, 7) is 5.58. The Morgan fingerprint density at radius 2 is 2.00 bits per heavy atom. The summed E-state index contributed by atoms with van der Waals surface area (Å²) in [5.41, 5.74) is 2.86. The van der Waals surface area contributed by atoms with Gasteiger partial charge in [-0.3, -0.25) is 4.90 Å². The molecule has 0 saturated carbocycles. The second-order valence-corrected chi connectivity index (χ2v) is 5.92. The molecule has 1 aliphatic carbocycles. The largest absolute Gasteiger partial charge is 0.289 e. The van der Waals surface area contributed by atoms with Crippen molar-refractivity contribution in [3.8, 4) is 0 Å². The van der Waals surface area contributed by atoms with Gasteiger partial charge in [-0.1, -0.05) is 48.6 Å². The molecule has 2 nitrogen and oxygen atoms in total. The van der Waals surface area contributed by atoms with Crippen molar-refractivity contribution in [2.75, 3.05) is 20.1 Å². The van der Waals surface area contributed by atoms with E-state index in [4.69, 9.17) is 0 Å². The first-order chi connectivity index (χ1) is 9.74. The van der Waals surface area contributed by atoms with E-state index in [1.165, 1.54) is 11.3 Å². The summed E-state index contributed by atoms with van der Waals surface area (Å²) in [4.78, 5) is 2.60. The Hall–Kier alpha value is -1.67. The predicted molar refractivity (Wildman–Crippen MR) is 84.1 cm³/mol. The fourth-order valence-electron chi connectivity index (χ4n) is 3.23. The summed E-state index contributed by atoms with van der Waals surface area (Å²) in [6, 6.07) is 11.4. The van der Waals surface area contributed by atoms with Gasteiger partial charge in [0, 0.05) is 19.2 Å². The minimum absolute atomic E-state index is 0.527. The van der Waals surface area contributed by atoms with E-state index in [2.05, 4.69) is 78.1 Å². The fourth-order valence-corrected chi connectivity index (χ4v) is 3.23. The first-order valence-electron chi connectivity index (χ1n) is 7.45. The van der Waals surface area contributed by atoms with Gasteiger partial charge in [-0.05, 0) is 12.5 Å². The van der Waals surface area contributed by atoms with Crippen molar-refractivity contribution >= 4 is 5.71 Å². The molecule has 0 fully saturated rings. The van der Waals surface area contributed by atoms with Crippen LogP contribution >= 0.6 is 0 Å². The summed E-state index contributed by atoms with van der Waals surface area (Å²) in [5, 5.41) is 0. The highest BCUT2D eigenvalue weighted by atomic mass is 15.2. The second kappa shape index (κ2) is 5.76. The molecule has 0 aromatic heterocycles. The number of rotatable bonds is 2. The maximum Gasteiger partial charge on any atom is 0.184 e. The molecule has 1 heterocycles. The van der Waals surface area contributed by atoms with Crippen LogP contribution in [0.3, 0.4) is 0 Å². The number of hydrogen-bond donors (Lipinski definition) is 0. The molecule has 0 N–H and O–H groups in total. The van der Waals surface area contributed by atoms with Crippen LogP contribution in [0.1, 0.15) is 12.5 Å². The zero-order chi connectivity index (χ0) is 13.9. The van der Waals surface area contributed by atoms with E-state index in [1.54, 1.807) is 0 Å². The van der Waals surface area contributed by atoms with Crippen LogP contribution in [-0.2, 0) is 6.54 Å². The summed E-state index contributed by atoms with van der Waals surface area (Å²) >= 11 is 0. The van der Waals surface area contributed by atoms with Crippen LogP contribution in [0.5, 0.6) is 0 Å². The number of hydrogen-bond acceptors (Lipinski definition) is 1. The van der Waals surface area contributed by atoms with E-state index >= 15 is 0 Å². The van der Waals surface area contributed by atoms with Gasteiger partial charge in [0.2, 0.25) is 0 Å². The van der Waals surface area contributed by atoms with Gasteiger partial charge in [-0.15, -0.1) is 0 Å². The highest BCUT2D eigenvalue weighted by Crippen LogP contribution is 2.19. The minimum Gasteiger partial charge on any atom is -0.289 e. The van der Waals surface area contributed by atoms with Crippen LogP contribution in [0, 0.1) is 5.92 Å². The van der Waals surface area contributed by atoms with Crippen LogP contribution < -0.4 is 0 Å². The van der Waals surface area contributed by atoms with Gasteiger partial charge < -0.3 is 0 Å². The summed E-state index contributed by atoms with van der Waals surface area (Å²) < 4.78 is 2.42. The lowest BCUT2D eigenvalue weighted by molar-refractivity contribution is -0.502. The quantitative estimate of drug-likeness (QED) is 0.747. The van der Waals surface area contributed by atoms with Crippen LogP contribution in [0.25, 0.3) is 0 Å². The minimum atomic E-state index is 0.527. The Bertz CT molecular complexity index is 554. The number of benzene rings is 1. The molecule has 2 atom stereocenters. The van der Waals surface area contributed by atoms with Crippen molar-refractivity contribution in [1.29, 1.82) is 0 Å². The molecule has 2 heteroatoms. The van der Waals surface area contributed by atoms with Gasteiger partial charge in [-0.2, -0.15) is 0 Å². The van der Waals surface area contributed by atoms with E-state index in [-0.39, 0.29) is 0 Å². The highest BCUT2D eigenvalue weighted by Gasteiger charge is 2.31. The third-order valence-corrected chi connectivity index (χ3v) is 4.36. The van der Waals surface area contributed by atoms with E-state index < -0.39 is 0 Å². The Labute approximate surface area is 121 Å². The van der Waals surface area contributed by atoms with Crippen molar-refractivity contribution in [1.82, 2.24) is 4.90 Å². The van der Waals surface area contributed by atoms with Crippen LogP contribution in [-0.4, -0.2) is 41.4 Å². The van der Waals surface area contributed by atoms with Crippen molar-refractivity contribution in [3.05, 3.63) is 60.2 Å². The molecule has 0 amide bonds.